The molecule has 0 heterocycles. The number of aliphatic hydroxyl groups is 1. The van der Waals surface area contributed by atoms with Crippen molar-refractivity contribution < 1.29 is 5.11 Å². The molecule has 2 N–H and O–H groups in total. The fourth-order valence-electron chi connectivity index (χ4n) is 2.07. The lowest BCUT2D eigenvalue weighted by atomic mass is 9.90. The number of hydrogen-bond donors (Lipinski definition) is 2. The summed E-state index contributed by atoms with van der Waals surface area (Å²) >= 11 is 0. The van der Waals surface area contributed by atoms with Gasteiger partial charge in [-0.1, -0.05) is 19.1 Å². The van der Waals surface area contributed by atoms with Gasteiger partial charge in [-0.3, -0.25) is 0 Å². The van der Waals surface area contributed by atoms with Crippen LogP contribution in [-0.2, 0) is 0 Å². The van der Waals surface area contributed by atoms with Crippen LogP contribution in [0, 0.1) is 5.92 Å². The molecule has 0 aromatic heterocycles. The van der Waals surface area contributed by atoms with Gasteiger partial charge in [0.15, 0.2) is 0 Å². The van der Waals surface area contributed by atoms with Crippen molar-refractivity contribution in [1.82, 2.24) is 5.32 Å². The molecule has 1 aliphatic carbocycles. The third-order valence-electron chi connectivity index (χ3n) is 3.64. The maximum absolute atomic E-state index is 9.02. The molecule has 2 atom stereocenters. The van der Waals surface area contributed by atoms with Crippen molar-refractivity contribution in [3.63, 3.8) is 0 Å². The van der Waals surface area contributed by atoms with Crippen LogP contribution in [0.1, 0.15) is 46.0 Å². The van der Waals surface area contributed by atoms with Gasteiger partial charge >= 0.3 is 0 Å². The summed E-state index contributed by atoms with van der Waals surface area (Å²) in [5, 5.41) is 12.6. The van der Waals surface area contributed by atoms with Crippen LogP contribution in [-0.4, -0.2) is 23.8 Å². The second-order valence-corrected chi connectivity index (χ2v) is 4.92. The highest BCUT2D eigenvalue weighted by molar-refractivity contribution is 4.92. The summed E-state index contributed by atoms with van der Waals surface area (Å²) < 4.78 is 0. The van der Waals surface area contributed by atoms with E-state index in [2.05, 4.69) is 31.3 Å². The van der Waals surface area contributed by atoms with Crippen molar-refractivity contribution in [2.45, 2.75) is 51.5 Å². The van der Waals surface area contributed by atoms with Gasteiger partial charge in [0.25, 0.3) is 0 Å². The normalized spacial score (nSPS) is 25.1. The first-order valence-corrected chi connectivity index (χ1v) is 6.21. The second kappa shape index (κ2) is 6.29. The minimum Gasteiger partial charge on any atom is -0.396 e. The molecule has 2 unspecified atom stereocenters. The largest absolute Gasteiger partial charge is 0.396 e. The zero-order valence-corrected chi connectivity index (χ0v) is 10.1. The fraction of sp³-hybridized carbons (Fsp3) is 0.846. The van der Waals surface area contributed by atoms with E-state index in [4.69, 9.17) is 5.11 Å². The lowest BCUT2D eigenvalue weighted by Crippen LogP contribution is -2.44. The second-order valence-electron chi connectivity index (χ2n) is 4.92. The predicted octanol–water partition coefficient (Wildman–Crippen LogP) is 2.48. The van der Waals surface area contributed by atoms with E-state index in [1.807, 2.05) is 0 Å². The maximum Gasteiger partial charge on any atom is 0.0448 e. The molecule has 2 heteroatoms. The van der Waals surface area contributed by atoms with Gasteiger partial charge in [-0.15, -0.1) is 0 Å². The molecule has 2 nitrogen and oxygen atoms in total. The summed E-state index contributed by atoms with van der Waals surface area (Å²) in [6.45, 7) is 5.77. The van der Waals surface area contributed by atoms with Crippen molar-refractivity contribution in [1.29, 1.82) is 0 Å². The van der Waals surface area contributed by atoms with Gasteiger partial charge in [-0.25, -0.2) is 0 Å². The summed E-state index contributed by atoms with van der Waals surface area (Å²) in [6, 6.07) is 0. The SMILES string of the molecule is CCC(C)(CCO)NCC1CC=CCC1. The van der Waals surface area contributed by atoms with Gasteiger partial charge in [0.05, 0.1) is 0 Å². The van der Waals surface area contributed by atoms with E-state index in [0.29, 0.717) is 0 Å². The van der Waals surface area contributed by atoms with Crippen LogP contribution >= 0.6 is 0 Å². The number of aliphatic hydroxyl groups excluding tert-OH is 1. The van der Waals surface area contributed by atoms with Gasteiger partial charge in [-0.05, 0) is 51.5 Å². The number of allylic oxidation sites excluding steroid dienone is 2. The Balaban J connectivity index is 2.29. The van der Waals surface area contributed by atoms with Crippen LogP contribution in [0.25, 0.3) is 0 Å². The zero-order chi connectivity index (χ0) is 11.1. The summed E-state index contributed by atoms with van der Waals surface area (Å²) in [5.74, 6) is 0.791. The van der Waals surface area contributed by atoms with Crippen LogP contribution < -0.4 is 5.32 Å². The Hall–Kier alpha value is -0.340. The van der Waals surface area contributed by atoms with Crippen LogP contribution in [0.4, 0.5) is 0 Å². The summed E-state index contributed by atoms with van der Waals surface area (Å²) in [4.78, 5) is 0. The smallest absolute Gasteiger partial charge is 0.0448 e. The molecule has 0 radical (unpaired) electrons. The molecule has 0 spiro atoms. The molecule has 0 aliphatic heterocycles. The van der Waals surface area contributed by atoms with Crippen molar-refractivity contribution >= 4 is 0 Å². The van der Waals surface area contributed by atoms with E-state index in [-0.39, 0.29) is 12.1 Å². The predicted molar refractivity (Wildman–Crippen MR) is 64.9 cm³/mol. The summed E-state index contributed by atoms with van der Waals surface area (Å²) in [6.07, 6.45) is 10.3. The molecule has 0 fully saturated rings. The third kappa shape index (κ3) is 4.35. The molecule has 0 bridgehead atoms. The van der Waals surface area contributed by atoms with Crippen LogP contribution in [0.15, 0.2) is 12.2 Å². The van der Waals surface area contributed by atoms with Crippen molar-refractivity contribution in [3.05, 3.63) is 12.2 Å². The Bertz CT molecular complexity index is 203. The Morgan fingerprint density at radius 1 is 1.47 bits per heavy atom. The lowest BCUT2D eigenvalue weighted by Gasteiger charge is -2.31. The highest BCUT2D eigenvalue weighted by Crippen LogP contribution is 2.20. The maximum atomic E-state index is 9.02. The zero-order valence-electron chi connectivity index (χ0n) is 10.1. The lowest BCUT2D eigenvalue weighted by molar-refractivity contribution is 0.208. The standard InChI is InChI=1S/C13H25NO/c1-3-13(2,9-10-15)14-11-12-7-5-4-6-8-12/h4-5,12,14-15H,3,6-11H2,1-2H3. The Kier molecular flexibility index (Phi) is 5.34. The Morgan fingerprint density at radius 3 is 2.80 bits per heavy atom. The van der Waals surface area contributed by atoms with Gasteiger partial charge in [0.2, 0.25) is 0 Å². The van der Waals surface area contributed by atoms with E-state index >= 15 is 0 Å². The van der Waals surface area contributed by atoms with Gasteiger partial charge < -0.3 is 10.4 Å². The Labute approximate surface area is 93.8 Å². The van der Waals surface area contributed by atoms with Crippen LogP contribution in [0.2, 0.25) is 0 Å². The molecule has 0 aromatic rings. The fourth-order valence-corrected chi connectivity index (χ4v) is 2.07. The molecule has 1 rings (SSSR count). The molecular formula is C13H25NO. The number of hydrogen-bond acceptors (Lipinski definition) is 2. The highest BCUT2D eigenvalue weighted by atomic mass is 16.3. The quantitative estimate of drug-likeness (QED) is 0.662. The highest BCUT2D eigenvalue weighted by Gasteiger charge is 2.22. The van der Waals surface area contributed by atoms with E-state index in [1.165, 1.54) is 19.3 Å². The molecule has 0 saturated carbocycles. The average Bonchev–Trinajstić information content (AvgIpc) is 2.28. The van der Waals surface area contributed by atoms with Crippen LogP contribution in [0.3, 0.4) is 0 Å². The molecule has 0 amide bonds. The van der Waals surface area contributed by atoms with Gasteiger partial charge in [0, 0.05) is 12.1 Å². The van der Waals surface area contributed by atoms with Crippen molar-refractivity contribution in [3.8, 4) is 0 Å². The van der Waals surface area contributed by atoms with Gasteiger partial charge in [0.1, 0.15) is 0 Å². The first-order valence-electron chi connectivity index (χ1n) is 6.21. The molecule has 15 heavy (non-hydrogen) atoms. The van der Waals surface area contributed by atoms with E-state index < -0.39 is 0 Å². The van der Waals surface area contributed by atoms with E-state index in [1.54, 1.807) is 0 Å². The van der Waals surface area contributed by atoms with Crippen LogP contribution in [0.5, 0.6) is 0 Å². The molecule has 1 aliphatic rings. The van der Waals surface area contributed by atoms with E-state index in [9.17, 15) is 0 Å². The van der Waals surface area contributed by atoms with Crippen molar-refractivity contribution in [2.75, 3.05) is 13.2 Å². The third-order valence-corrected chi connectivity index (χ3v) is 3.64. The average molecular weight is 211 g/mol. The molecule has 88 valence electrons. The first-order chi connectivity index (χ1) is 7.20. The number of rotatable bonds is 6. The van der Waals surface area contributed by atoms with Crippen molar-refractivity contribution in [2.24, 2.45) is 5.92 Å². The monoisotopic (exact) mass is 211 g/mol. The Morgan fingerprint density at radius 2 is 2.27 bits per heavy atom. The first kappa shape index (κ1) is 12.7. The van der Waals surface area contributed by atoms with Gasteiger partial charge in [-0.2, -0.15) is 0 Å². The topological polar surface area (TPSA) is 32.3 Å². The summed E-state index contributed by atoms with van der Waals surface area (Å²) in [7, 11) is 0. The molecule has 0 aromatic carbocycles. The molecular weight excluding hydrogens is 186 g/mol. The summed E-state index contributed by atoms with van der Waals surface area (Å²) in [5.41, 5.74) is 0.121. The molecule has 0 saturated heterocycles. The minimum atomic E-state index is 0.121. The number of nitrogens with one attached hydrogen (secondary N) is 1. The minimum absolute atomic E-state index is 0.121. The van der Waals surface area contributed by atoms with E-state index in [0.717, 1.165) is 25.3 Å².